The number of aliphatic hydroxyl groups is 1. The van der Waals surface area contributed by atoms with Crippen molar-refractivity contribution in [2.75, 3.05) is 13.0 Å². The van der Waals surface area contributed by atoms with Crippen molar-refractivity contribution in [3.8, 4) is 0 Å². The molecule has 0 spiro atoms. The number of aryl methyl sites for hydroxylation is 3. The molecule has 2 nitrogen and oxygen atoms in total. The first kappa shape index (κ1) is 27.4. The zero-order chi connectivity index (χ0) is 23.1. The van der Waals surface area contributed by atoms with Gasteiger partial charge < -0.3 is 5.11 Å². The summed E-state index contributed by atoms with van der Waals surface area (Å²) in [5.74, 6) is 0.390. The standard InChI is InChI=1S/C27H38O2.CH3Cl/c1-22-12-16-24(17-13-22)9-5-4-6-10-26(29)11-7-8-20-27(3,21-28)25-18-14-23(2)15-19-25;1-2/h12-19,28H,4-11,20-21H2,1-3H3;1H3. The quantitative estimate of drug-likeness (QED) is 0.259. The zero-order valence-corrected chi connectivity index (χ0v) is 20.7. The van der Waals surface area contributed by atoms with Gasteiger partial charge in [0.2, 0.25) is 0 Å². The van der Waals surface area contributed by atoms with Crippen LogP contribution in [0.3, 0.4) is 0 Å². The van der Waals surface area contributed by atoms with Crippen LogP contribution in [0.15, 0.2) is 48.5 Å². The summed E-state index contributed by atoms with van der Waals surface area (Å²) in [6.07, 6.45) is 10.0. The van der Waals surface area contributed by atoms with E-state index in [2.05, 4.69) is 80.9 Å². The Bertz CT molecular complexity index is 737. The van der Waals surface area contributed by atoms with Gasteiger partial charge in [-0.15, -0.1) is 11.6 Å². The molecule has 0 aliphatic carbocycles. The lowest BCUT2D eigenvalue weighted by atomic mass is 9.78. The Morgan fingerprint density at radius 3 is 1.87 bits per heavy atom. The number of carbonyl (C=O) groups is 1. The molecule has 0 fully saturated rings. The van der Waals surface area contributed by atoms with E-state index in [-0.39, 0.29) is 12.0 Å². The summed E-state index contributed by atoms with van der Waals surface area (Å²) in [5.41, 5.74) is 4.90. The number of unbranched alkanes of at least 4 members (excludes halogenated alkanes) is 3. The fourth-order valence-corrected chi connectivity index (χ4v) is 3.82. The molecule has 1 unspecified atom stereocenters. The summed E-state index contributed by atoms with van der Waals surface area (Å²) in [4.78, 5) is 12.2. The number of halogens is 1. The molecular formula is C28H41ClO2. The van der Waals surface area contributed by atoms with Crippen molar-refractivity contribution in [2.24, 2.45) is 0 Å². The smallest absolute Gasteiger partial charge is 0.132 e. The highest BCUT2D eigenvalue weighted by Gasteiger charge is 2.25. The third-order valence-corrected chi connectivity index (χ3v) is 6.07. The average Bonchev–Trinajstić information content (AvgIpc) is 2.79. The van der Waals surface area contributed by atoms with Gasteiger partial charge in [0.1, 0.15) is 5.78 Å². The molecule has 0 bridgehead atoms. The van der Waals surface area contributed by atoms with E-state index in [9.17, 15) is 9.90 Å². The van der Waals surface area contributed by atoms with E-state index >= 15 is 0 Å². The molecule has 0 heterocycles. The molecule has 0 aliphatic rings. The molecule has 0 amide bonds. The number of aliphatic hydroxyl groups excluding tert-OH is 1. The Kier molecular flexibility index (Phi) is 13.4. The minimum absolute atomic E-state index is 0.144. The Morgan fingerprint density at radius 2 is 1.32 bits per heavy atom. The lowest BCUT2D eigenvalue weighted by Crippen LogP contribution is -2.26. The van der Waals surface area contributed by atoms with Crippen LogP contribution in [0.25, 0.3) is 0 Å². The van der Waals surface area contributed by atoms with Crippen LogP contribution in [0.1, 0.15) is 80.5 Å². The Hall–Kier alpha value is -1.64. The first-order valence-corrected chi connectivity index (χ1v) is 12.3. The van der Waals surface area contributed by atoms with E-state index in [0.29, 0.717) is 18.6 Å². The molecular weight excluding hydrogens is 404 g/mol. The van der Waals surface area contributed by atoms with E-state index in [4.69, 9.17) is 0 Å². The van der Waals surface area contributed by atoms with E-state index in [1.807, 2.05) is 0 Å². The number of alkyl halides is 1. The van der Waals surface area contributed by atoms with Gasteiger partial charge in [-0.2, -0.15) is 0 Å². The average molecular weight is 445 g/mol. The van der Waals surface area contributed by atoms with E-state index in [1.165, 1.54) is 28.6 Å². The number of benzene rings is 2. The molecule has 3 heteroatoms. The van der Waals surface area contributed by atoms with Crippen molar-refractivity contribution in [1.82, 2.24) is 0 Å². The van der Waals surface area contributed by atoms with Crippen LogP contribution in [0.4, 0.5) is 0 Å². The molecule has 2 aromatic carbocycles. The molecule has 0 radical (unpaired) electrons. The van der Waals surface area contributed by atoms with Crippen LogP contribution in [0.5, 0.6) is 0 Å². The van der Waals surface area contributed by atoms with Gasteiger partial charge in [0, 0.05) is 24.6 Å². The topological polar surface area (TPSA) is 37.3 Å². The fourth-order valence-electron chi connectivity index (χ4n) is 3.82. The maximum absolute atomic E-state index is 12.2. The lowest BCUT2D eigenvalue weighted by molar-refractivity contribution is -0.119. The van der Waals surface area contributed by atoms with Crippen LogP contribution in [-0.2, 0) is 16.6 Å². The number of hydrogen-bond donors (Lipinski definition) is 1. The number of carbonyl (C=O) groups excluding carboxylic acids is 1. The predicted octanol–water partition coefficient (Wildman–Crippen LogP) is 7.34. The third kappa shape index (κ3) is 10.5. The number of rotatable bonds is 13. The van der Waals surface area contributed by atoms with Gasteiger partial charge >= 0.3 is 0 Å². The van der Waals surface area contributed by atoms with Gasteiger partial charge in [-0.25, -0.2) is 0 Å². The van der Waals surface area contributed by atoms with Gasteiger partial charge in [0.15, 0.2) is 0 Å². The maximum Gasteiger partial charge on any atom is 0.132 e. The van der Waals surface area contributed by atoms with Crippen molar-refractivity contribution in [2.45, 2.75) is 84.0 Å². The van der Waals surface area contributed by atoms with Crippen molar-refractivity contribution in [1.29, 1.82) is 0 Å². The molecule has 2 rings (SSSR count). The molecule has 0 saturated heterocycles. The summed E-state index contributed by atoms with van der Waals surface area (Å²) in [6, 6.07) is 17.2. The van der Waals surface area contributed by atoms with Gasteiger partial charge in [0.25, 0.3) is 0 Å². The Labute approximate surface area is 195 Å². The normalized spacial score (nSPS) is 12.6. The van der Waals surface area contributed by atoms with E-state index < -0.39 is 0 Å². The third-order valence-electron chi connectivity index (χ3n) is 6.07. The van der Waals surface area contributed by atoms with Gasteiger partial charge in [-0.3, -0.25) is 4.79 Å². The molecule has 1 N–H and O–H groups in total. The summed E-state index contributed by atoms with van der Waals surface area (Å²) in [7, 11) is 0. The second kappa shape index (κ2) is 15.2. The van der Waals surface area contributed by atoms with Crippen LogP contribution < -0.4 is 0 Å². The second-order valence-corrected chi connectivity index (χ2v) is 8.88. The largest absolute Gasteiger partial charge is 0.395 e. The summed E-state index contributed by atoms with van der Waals surface area (Å²) in [5, 5.41) is 9.91. The van der Waals surface area contributed by atoms with Crippen LogP contribution in [-0.4, -0.2) is 23.9 Å². The predicted molar refractivity (Wildman–Crippen MR) is 134 cm³/mol. The number of hydrogen-bond acceptors (Lipinski definition) is 2. The highest BCUT2D eigenvalue weighted by Crippen LogP contribution is 2.29. The molecule has 0 aliphatic heterocycles. The minimum atomic E-state index is -0.216. The van der Waals surface area contributed by atoms with Gasteiger partial charge in [-0.1, -0.05) is 79.4 Å². The Balaban J connectivity index is 0.00000233. The SMILES string of the molecule is CCl.Cc1ccc(CCCCCC(=O)CCCCC(C)(CO)c2ccc(C)cc2)cc1. The van der Waals surface area contributed by atoms with Crippen LogP contribution >= 0.6 is 11.6 Å². The van der Waals surface area contributed by atoms with Crippen molar-refractivity contribution < 1.29 is 9.90 Å². The van der Waals surface area contributed by atoms with Crippen molar-refractivity contribution in [3.05, 3.63) is 70.8 Å². The molecule has 31 heavy (non-hydrogen) atoms. The van der Waals surface area contributed by atoms with Crippen LogP contribution in [0.2, 0.25) is 0 Å². The molecule has 172 valence electrons. The van der Waals surface area contributed by atoms with Crippen molar-refractivity contribution in [3.63, 3.8) is 0 Å². The molecule has 0 saturated carbocycles. The molecule has 2 aromatic rings. The zero-order valence-electron chi connectivity index (χ0n) is 19.9. The van der Waals surface area contributed by atoms with Gasteiger partial charge in [0.05, 0.1) is 6.61 Å². The number of Topliss-reactive ketones (excluding diaryl/α,β-unsaturated/α-hetero) is 1. The summed E-state index contributed by atoms with van der Waals surface area (Å²) < 4.78 is 0. The van der Waals surface area contributed by atoms with Crippen LogP contribution in [0, 0.1) is 13.8 Å². The highest BCUT2D eigenvalue weighted by molar-refractivity contribution is 6.15. The Morgan fingerprint density at radius 1 is 0.806 bits per heavy atom. The fraction of sp³-hybridized carbons (Fsp3) is 0.536. The lowest BCUT2D eigenvalue weighted by Gasteiger charge is -2.28. The minimum Gasteiger partial charge on any atom is -0.395 e. The molecule has 1 atom stereocenters. The maximum atomic E-state index is 12.2. The number of ketones is 1. The highest BCUT2D eigenvalue weighted by atomic mass is 35.5. The summed E-state index contributed by atoms with van der Waals surface area (Å²) in [6.45, 7) is 6.45. The monoisotopic (exact) mass is 444 g/mol. The van der Waals surface area contributed by atoms with E-state index in [1.54, 1.807) is 0 Å². The van der Waals surface area contributed by atoms with Gasteiger partial charge in [-0.05, 0) is 57.1 Å². The first-order valence-electron chi connectivity index (χ1n) is 11.6. The molecule has 0 aromatic heterocycles. The second-order valence-electron chi connectivity index (χ2n) is 8.88. The summed E-state index contributed by atoms with van der Waals surface area (Å²) >= 11 is 4.64. The first-order chi connectivity index (χ1) is 14.9. The van der Waals surface area contributed by atoms with E-state index in [0.717, 1.165) is 44.9 Å². The van der Waals surface area contributed by atoms with Crippen molar-refractivity contribution >= 4 is 17.4 Å².